The molecule has 0 aliphatic heterocycles. The number of nitrogens with one attached hydrogen (secondary N) is 1. The first-order valence-corrected chi connectivity index (χ1v) is 7.16. The van der Waals surface area contributed by atoms with Gasteiger partial charge < -0.3 is 5.11 Å². The lowest BCUT2D eigenvalue weighted by Crippen LogP contribution is -2.13. The summed E-state index contributed by atoms with van der Waals surface area (Å²) in [6, 6.07) is 6.20. The van der Waals surface area contributed by atoms with E-state index in [9.17, 15) is 13.5 Å². The number of benzene rings is 1. The number of hydrogen-bond donors (Lipinski definition) is 2. The highest BCUT2D eigenvalue weighted by molar-refractivity contribution is 7.92. The van der Waals surface area contributed by atoms with E-state index in [1.807, 2.05) is 0 Å². The number of sulfonamides is 1. The van der Waals surface area contributed by atoms with Crippen LogP contribution < -0.4 is 4.72 Å². The summed E-state index contributed by atoms with van der Waals surface area (Å²) in [5.41, 5.74) is 0.944. The highest BCUT2D eigenvalue weighted by Crippen LogP contribution is 2.19. The quantitative estimate of drug-likeness (QED) is 0.884. The zero-order valence-corrected chi connectivity index (χ0v) is 11.4. The molecule has 1 heterocycles. The van der Waals surface area contributed by atoms with Crippen molar-refractivity contribution in [1.29, 1.82) is 0 Å². The van der Waals surface area contributed by atoms with E-state index in [2.05, 4.69) is 9.82 Å². The number of aromatic nitrogens is 2. The third-order valence-electron chi connectivity index (χ3n) is 2.61. The molecule has 0 bridgehead atoms. The summed E-state index contributed by atoms with van der Waals surface area (Å²) in [6.07, 6.45) is 2.28. The first-order chi connectivity index (χ1) is 8.88. The Morgan fingerprint density at radius 2 is 2.16 bits per heavy atom. The van der Waals surface area contributed by atoms with Gasteiger partial charge in [-0.1, -0.05) is 12.1 Å². The van der Waals surface area contributed by atoms with Crippen molar-refractivity contribution in [3.8, 4) is 0 Å². The van der Waals surface area contributed by atoms with Crippen LogP contribution in [0.4, 0.5) is 5.69 Å². The summed E-state index contributed by atoms with van der Waals surface area (Å²) in [5, 5.41) is 13.4. The third-order valence-corrected chi connectivity index (χ3v) is 3.99. The molecule has 0 fully saturated rings. The fourth-order valence-electron chi connectivity index (χ4n) is 1.63. The molecule has 2 aromatic rings. The molecule has 0 saturated heterocycles. The van der Waals surface area contributed by atoms with Crippen molar-refractivity contribution in [2.45, 2.75) is 17.9 Å². The van der Waals surface area contributed by atoms with Crippen LogP contribution in [0.2, 0.25) is 0 Å². The van der Waals surface area contributed by atoms with Gasteiger partial charge in [0.25, 0.3) is 10.0 Å². The minimum Gasteiger partial charge on any atom is -0.389 e. The molecule has 2 rings (SSSR count). The molecule has 1 aromatic carbocycles. The van der Waals surface area contributed by atoms with Gasteiger partial charge in [0.05, 0.1) is 22.9 Å². The molecule has 0 aliphatic carbocycles. The molecular formula is C12H15N3O3S. The molecule has 1 aromatic heterocycles. The summed E-state index contributed by atoms with van der Waals surface area (Å²) in [4.78, 5) is 0.106. The van der Waals surface area contributed by atoms with Crippen LogP contribution in [0.5, 0.6) is 0 Å². The zero-order chi connectivity index (χ0) is 14.0. The Bertz CT molecular complexity index is 677. The first kappa shape index (κ1) is 13.6. The fraction of sp³-hybridized carbons (Fsp3) is 0.250. The van der Waals surface area contributed by atoms with Gasteiger partial charge in [-0.05, 0) is 24.6 Å². The van der Waals surface area contributed by atoms with Crippen LogP contribution in [0.15, 0.2) is 41.6 Å². The molecule has 1 atom stereocenters. The van der Waals surface area contributed by atoms with E-state index in [0.29, 0.717) is 11.3 Å². The van der Waals surface area contributed by atoms with E-state index in [0.717, 1.165) is 0 Å². The fourth-order valence-corrected chi connectivity index (χ4v) is 2.71. The van der Waals surface area contributed by atoms with E-state index in [4.69, 9.17) is 0 Å². The van der Waals surface area contributed by atoms with E-state index in [1.165, 1.54) is 23.0 Å². The van der Waals surface area contributed by atoms with Gasteiger partial charge in [0.1, 0.15) is 0 Å². The third kappa shape index (κ3) is 3.12. The summed E-state index contributed by atoms with van der Waals surface area (Å²) < 4.78 is 28.2. The smallest absolute Gasteiger partial charge is 0.262 e. The predicted octanol–water partition coefficient (Wildman–Crippen LogP) is 1.27. The molecule has 7 heteroatoms. The number of rotatable bonds is 4. The lowest BCUT2D eigenvalue weighted by Gasteiger charge is -2.09. The number of aliphatic hydroxyl groups excluding tert-OH is 1. The van der Waals surface area contributed by atoms with Gasteiger partial charge in [-0.2, -0.15) is 5.10 Å². The van der Waals surface area contributed by atoms with E-state index in [1.54, 1.807) is 32.3 Å². The molecule has 102 valence electrons. The molecule has 0 spiro atoms. The molecule has 6 nitrogen and oxygen atoms in total. The van der Waals surface area contributed by atoms with Crippen molar-refractivity contribution in [2.24, 2.45) is 7.05 Å². The van der Waals surface area contributed by atoms with Crippen LogP contribution in [0.1, 0.15) is 18.6 Å². The standard InChI is InChI=1S/C12H15N3O3S/c1-9(16)10-4-3-5-12(6-10)19(17,18)14-11-7-13-15(2)8-11/h3-9,14,16H,1-2H3. The van der Waals surface area contributed by atoms with Crippen molar-refractivity contribution in [3.63, 3.8) is 0 Å². The van der Waals surface area contributed by atoms with Gasteiger partial charge in [0.15, 0.2) is 0 Å². The number of aryl methyl sites for hydroxylation is 1. The van der Waals surface area contributed by atoms with E-state index < -0.39 is 16.1 Å². The number of anilines is 1. The van der Waals surface area contributed by atoms with Crippen LogP contribution in [0, 0.1) is 0 Å². The van der Waals surface area contributed by atoms with Crippen LogP contribution in [0.25, 0.3) is 0 Å². The van der Waals surface area contributed by atoms with E-state index in [-0.39, 0.29) is 4.90 Å². The maximum atomic E-state index is 12.2. The molecule has 19 heavy (non-hydrogen) atoms. The van der Waals surface area contributed by atoms with Crippen LogP contribution >= 0.6 is 0 Å². The SMILES string of the molecule is CC(O)c1cccc(S(=O)(=O)Nc2cnn(C)c2)c1. The maximum Gasteiger partial charge on any atom is 0.262 e. The Kier molecular flexibility index (Phi) is 3.59. The summed E-state index contributed by atoms with van der Waals surface area (Å²) in [5.74, 6) is 0. The Hall–Kier alpha value is -1.86. The highest BCUT2D eigenvalue weighted by Gasteiger charge is 2.16. The Morgan fingerprint density at radius 1 is 1.42 bits per heavy atom. The summed E-state index contributed by atoms with van der Waals surface area (Å²) >= 11 is 0. The van der Waals surface area contributed by atoms with Crippen molar-refractivity contribution in [1.82, 2.24) is 9.78 Å². The molecule has 1 unspecified atom stereocenters. The Morgan fingerprint density at radius 3 is 2.74 bits per heavy atom. The normalized spacial score (nSPS) is 13.2. The second-order valence-electron chi connectivity index (χ2n) is 4.26. The Labute approximate surface area is 111 Å². The van der Waals surface area contributed by atoms with Crippen LogP contribution in [0.3, 0.4) is 0 Å². The van der Waals surface area contributed by atoms with Crippen molar-refractivity contribution >= 4 is 15.7 Å². The predicted molar refractivity (Wildman–Crippen MR) is 71.1 cm³/mol. The van der Waals surface area contributed by atoms with Gasteiger partial charge in [-0.3, -0.25) is 9.40 Å². The van der Waals surface area contributed by atoms with Gasteiger partial charge in [0.2, 0.25) is 0 Å². The molecule has 2 N–H and O–H groups in total. The van der Waals surface area contributed by atoms with E-state index >= 15 is 0 Å². The van der Waals surface area contributed by atoms with Crippen LogP contribution in [-0.4, -0.2) is 23.3 Å². The van der Waals surface area contributed by atoms with Gasteiger partial charge >= 0.3 is 0 Å². The minimum absolute atomic E-state index is 0.106. The molecule has 0 amide bonds. The lowest BCUT2D eigenvalue weighted by molar-refractivity contribution is 0.199. The van der Waals surface area contributed by atoms with Crippen molar-refractivity contribution < 1.29 is 13.5 Å². The molecule has 0 saturated carbocycles. The van der Waals surface area contributed by atoms with Gasteiger partial charge in [0, 0.05) is 13.2 Å². The zero-order valence-electron chi connectivity index (χ0n) is 10.6. The monoisotopic (exact) mass is 281 g/mol. The number of aliphatic hydroxyl groups is 1. The van der Waals surface area contributed by atoms with Crippen molar-refractivity contribution in [3.05, 3.63) is 42.2 Å². The summed E-state index contributed by atoms with van der Waals surface area (Å²) in [6.45, 7) is 1.58. The Balaban J connectivity index is 2.31. The highest BCUT2D eigenvalue weighted by atomic mass is 32.2. The first-order valence-electron chi connectivity index (χ1n) is 5.68. The maximum absolute atomic E-state index is 12.2. The molecular weight excluding hydrogens is 266 g/mol. The molecule has 0 radical (unpaired) electrons. The van der Waals surface area contributed by atoms with Gasteiger partial charge in [-0.25, -0.2) is 8.42 Å². The number of nitrogens with zero attached hydrogens (tertiary/aromatic N) is 2. The second-order valence-corrected chi connectivity index (χ2v) is 5.94. The average molecular weight is 281 g/mol. The van der Waals surface area contributed by atoms with Gasteiger partial charge in [-0.15, -0.1) is 0 Å². The second kappa shape index (κ2) is 5.02. The van der Waals surface area contributed by atoms with Crippen LogP contribution in [-0.2, 0) is 17.1 Å². The lowest BCUT2D eigenvalue weighted by atomic mass is 10.1. The van der Waals surface area contributed by atoms with Crippen molar-refractivity contribution in [2.75, 3.05) is 4.72 Å². The minimum atomic E-state index is -3.67. The summed E-state index contributed by atoms with van der Waals surface area (Å²) in [7, 11) is -1.97. The largest absolute Gasteiger partial charge is 0.389 e. The molecule has 0 aliphatic rings. The topological polar surface area (TPSA) is 84.2 Å². The number of hydrogen-bond acceptors (Lipinski definition) is 4. The average Bonchev–Trinajstić information content (AvgIpc) is 2.74.